The summed E-state index contributed by atoms with van der Waals surface area (Å²) in [7, 11) is 0. The predicted molar refractivity (Wildman–Crippen MR) is 77.5 cm³/mol. The third kappa shape index (κ3) is 2.29. The van der Waals surface area contributed by atoms with Crippen LogP contribution >= 0.6 is 0 Å². The van der Waals surface area contributed by atoms with Gasteiger partial charge < -0.3 is 10.8 Å². The van der Waals surface area contributed by atoms with Crippen molar-refractivity contribution in [3.8, 4) is 11.4 Å². The fourth-order valence-electron chi connectivity index (χ4n) is 2.23. The summed E-state index contributed by atoms with van der Waals surface area (Å²) in [6, 6.07) is 9.47. The number of carboxylic acid groups (broad SMARTS) is 1. The monoisotopic (exact) mass is 283 g/mol. The Labute approximate surface area is 120 Å². The SMILES string of the molecule is Cc1nc(-c2ccccc2)nc2c1c(N)nn2CC(=O)O. The Kier molecular flexibility index (Phi) is 3.02. The second kappa shape index (κ2) is 4.86. The highest BCUT2D eigenvalue weighted by Crippen LogP contribution is 2.25. The van der Waals surface area contributed by atoms with E-state index in [1.807, 2.05) is 30.3 Å². The largest absolute Gasteiger partial charge is 0.480 e. The Balaban J connectivity index is 2.24. The number of rotatable bonds is 3. The second-order valence-corrected chi connectivity index (χ2v) is 4.63. The summed E-state index contributed by atoms with van der Waals surface area (Å²) in [6.45, 7) is 1.51. The molecule has 0 unspecified atom stereocenters. The molecule has 0 saturated carbocycles. The van der Waals surface area contributed by atoms with Gasteiger partial charge in [-0.1, -0.05) is 30.3 Å². The first kappa shape index (κ1) is 13.0. The molecular weight excluding hydrogens is 270 g/mol. The van der Waals surface area contributed by atoms with Gasteiger partial charge in [0.25, 0.3) is 0 Å². The topological polar surface area (TPSA) is 107 Å². The fraction of sp³-hybridized carbons (Fsp3) is 0.143. The first-order chi connectivity index (χ1) is 10.1. The molecule has 0 fully saturated rings. The van der Waals surface area contributed by atoms with Gasteiger partial charge in [0.15, 0.2) is 17.3 Å². The van der Waals surface area contributed by atoms with Gasteiger partial charge in [0.05, 0.1) is 11.1 Å². The summed E-state index contributed by atoms with van der Waals surface area (Å²) in [4.78, 5) is 19.8. The van der Waals surface area contributed by atoms with Crippen molar-refractivity contribution in [2.24, 2.45) is 0 Å². The standard InChI is InChI=1S/C14H13N5O2/c1-8-11-12(15)18-19(7-10(20)21)14(11)17-13(16-8)9-5-3-2-4-6-9/h2-6H,7H2,1H3,(H2,15,18)(H,20,21). The average Bonchev–Trinajstić information content (AvgIpc) is 2.76. The number of nitrogens with two attached hydrogens (primary N) is 1. The number of hydrogen-bond donors (Lipinski definition) is 2. The molecule has 2 heterocycles. The van der Waals surface area contributed by atoms with E-state index in [4.69, 9.17) is 10.8 Å². The Morgan fingerprint density at radius 2 is 2.00 bits per heavy atom. The van der Waals surface area contributed by atoms with E-state index >= 15 is 0 Å². The summed E-state index contributed by atoms with van der Waals surface area (Å²) in [5, 5.41) is 13.6. The quantitative estimate of drug-likeness (QED) is 0.753. The number of anilines is 1. The van der Waals surface area contributed by atoms with E-state index in [9.17, 15) is 4.79 Å². The number of aliphatic carboxylic acids is 1. The molecule has 0 aliphatic heterocycles. The van der Waals surface area contributed by atoms with Crippen LogP contribution in [0, 0.1) is 6.92 Å². The zero-order valence-electron chi connectivity index (χ0n) is 11.3. The number of aryl methyl sites for hydroxylation is 1. The van der Waals surface area contributed by atoms with Crippen molar-refractivity contribution >= 4 is 22.8 Å². The molecule has 106 valence electrons. The smallest absolute Gasteiger partial charge is 0.325 e. The van der Waals surface area contributed by atoms with Crippen molar-refractivity contribution in [3.63, 3.8) is 0 Å². The Morgan fingerprint density at radius 3 is 2.67 bits per heavy atom. The van der Waals surface area contributed by atoms with Gasteiger partial charge >= 0.3 is 5.97 Å². The number of carbonyl (C=O) groups is 1. The predicted octanol–water partition coefficient (Wildman–Crippen LogP) is 1.47. The van der Waals surface area contributed by atoms with E-state index in [0.29, 0.717) is 22.6 Å². The van der Waals surface area contributed by atoms with Crippen molar-refractivity contribution in [1.29, 1.82) is 0 Å². The molecule has 2 aromatic heterocycles. The van der Waals surface area contributed by atoms with Crippen LogP contribution < -0.4 is 5.73 Å². The minimum atomic E-state index is -1.00. The lowest BCUT2D eigenvalue weighted by Gasteiger charge is -2.04. The van der Waals surface area contributed by atoms with Crippen LogP contribution in [0.4, 0.5) is 5.82 Å². The summed E-state index contributed by atoms with van der Waals surface area (Å²) >= 11 is 0. The van der Waals surface area contributed by atoms with Crippen molar-refractivity contribution < 1.29 is 9.90 Å². The molecule has 0 saturated heterocycles. The highest BCUT2D eigenvalue weighted by atomic mass is 16.4. The van der Waals surface area contributed by atoms with Crippen LogP contribution in [0.5, 0.6) is 0 Å². The van der Waals surface area contributed by atoms with E-state index in [-0.39, 0.29) is 12.4 Å². The summed E-state index contributed by atoms with van der Waals surface area (Å²) in [5.41, 5.74) is 7.79. The van der Waals surface area contributed by atoms with Crippen molar-refractivity contribution in [3.05, 3.63) is 36.0 Å². The van der Waals surface area contributed by atoms with Crippen LogP contribution in [0.1, 0.15) is 5.69 Å². The Bertz CT molecular complexity index is 826. The molecule has 0 amide bonds. The lowest BCUT2D eigenvalue weighted by atomic mass is 10.2. The summed E-state index contributed by atoms with van der Waals surface area (Å²) in [6.07, 6.45) is 0. The normalized spacial score (nSPS) is 10.9. The summed E-state index contributed by atoms with van der Waals surface area (Å²) in [5.74, 6) is -0.243. The molecule has 0 bridgehead atoms. The Morgan fingerprint density at radius 1 is 1.29 bits per heavy atom. The van der Waals surface area contributed by atoms with Gasteiger partial charge in [0.1, 0.15) is 6.54 Å². The molecule has 7 nitrogen and oxygen atoms in total. The molecule has 0 spiro atoms. The third-order valence-electron chi connectivity index (χ3n) is 3.12. The molecule has 3 N–H and O–H groups in total. The molecule has 7 heteroatoms. The molecule has 0 aliphatic carbocycles. The van der Waals surface area contributed by atoms with Crippen LogP contribution in [0.15, 0.2) is 30.3 Å². The maximum atomic E-state index is 10.9. The highest BCUT2D eigenvalue weighted by molar-refractivity contribution is 5.90. The molecule has 3 rings (SSSR count). The number of nitrogens with zero attached hydrogens (tertiary/aromatic N) is 4. The van der Waals surface area contributed by atoms with E-state index in [2.05, 4.69) is 15.1 Å². The fourth-order valence-corrected chi connectivity index (χ4v) is 2.23. The molecule has 3 aromatic rings. The van der Waals surface area contributed by atoms with Gasteiger partial charge in [-0.25, -0.2) is 14.6 Å². The maximum Gasteiger partial charge on any atom is 0.325 e. The number of carboxylic acids is 1. The highest BCUT2D eigenvalue weighted by Gasteiger charge is 2.16. The molecule has 1 aromatic carbocycles. The zero-order chi connectivity index (χ0) is 15.0. The van der Waals surface area contributed by atoms with Gasteiger partial charge in [-0.05, 0) is 6.92 Å². The van der Waals surface area contributed by atoms with Gasteiger partial charge in [-0.2, -0.15) is 5.10 Å². The molecule has 0 atom stereocenters. The number of hydrogen-bond acceptors (Lipinski definition) is 5. The molecule has 21 heavy (non-hydrogen) atoms. The lowest BCUT2D eigenvalue weighted by Crippen LogP contribution is -2.11. The van der Waals surface area contributed by atoms with E-state index < -0.39 is 5.97 Å². The number of benzene rings is 1. The zero-order valence-corrected chi connectivity index (χ0v) is 11.3. The van der Waals surface area contributed by atoms with Gasteiger partial charge in [0, 0.05) is 5.56 Å². The van der Waals surface area contributed by atoms with E-state index in [1.54, 1.807) is 6.92 Å². The van der Waals surface area contributed by atoms with Gasteiger partial charge in [-0.15, -0.1) is 0 Å². The van der Waals surface area contributed by atoms with Gasteiger partial charge in [-0.3, -0.25) is 4.79 Å². The average molecular weight is 283 g/mol. The number of nitrogen functional groups attached to an aromatic ring is 1. The van der Waals surface area contributed by atoms with E-state index in [0.717, 1.165) is 5.56 Å². The number of aromatic nitrogens is 4. The van der Waals surface area contributed by atoms with E-state index in [1.165, 1.54) is 4.68 Å². The van der Waals surface area contributed by atoms with Crippen LogP contribution in [-0.2, 0) is 11.3 Å². The molecule has 0 aliphatic rings. The maximum absolute atomic E-state index is 10.9. The van der Waals surface area contributed by atoms with Crippen molar-refractivity contribution in [1.82, 2.24) is 19.7 Å². The Hall–Kier alpha value is -2.96. The van der Waals surface area contributed by atoms with Crippen LogP contribution in [0.2, 0.25) is 0 Å². The summed E-state index contributed by atoms with van der Waals surface area (Å²) < 4.78 is 1.29. The third-order valence-corrected chi connectivity index (χ3v) is 3.12. The second-order valence-electron chi connectivity index (χ2n) is 4.63. The lowest BCUT2D eigenvalue weighted by molar-refractivity contribution is -0.137. The van der Waals surface area contributed by atoms with Crippen LogP contribution in [0.3, 0.4) is 0 Å². The minimum Gasteiger partial charge on any atom is -0.480 e. The van der Waals surface area contributed by atoms with Gasteiger partial charge in [0.2, 0.25) is 0 Å². The van der Waals surface area contributed by atoms with Crippen molar-refractivity contribution in [2.45, 2.75) is 13.5 Å². The minimum absolute atomic E-state index is 0.239. The molecular formula is C14H13N5O2. The number of fused-ring (bicyclic) bond motifs is 1. The first-order valence-corrected chi connectivity index (χ1v) is 6.34. The van der Waals surface area contributed by atoms with Crippen LogP contribution in [-0.4, -0.2) is 30.8 Å². The van der Waals surface area contributed by atoms with Crippen LogP contribution in [0.25, 0.3) is 22.4 Å². The van der Waals surface area contributed by atoms with Crippen molar-refractivity contribution in [2.75, 3.05) is 5.73 Å². The molecule has 0 radical (unpaired) electrons. The first-order valence-electron chi connectivity index (χ1n) is 6.34.